The number of anilines is 1. The number of rotatable bonds is 7. The summed E-state index contributed by atoms with van der Waals surface area (Å²) in [5, 5.41) is 5.95. The first kappa shape index (κ1) is 24.0. The second-order valence-electron chi connectivity index (χ2n) is 10.5. The first-order valence-corrected chi connectivity index (χ1v) is 12.8. The van der Waals surface area contributed by atoms with Crippen LogP contribution in [0.15, 0.2) is 41.3 Å². The number of urea groups is 1. The van der Waals surface area contributed by atoms with Gasteiger partial charge in [-0.05, 0) is 60.4 Å². The SMILES string of the molecule is CC(C)C(Cc1ccc(-n2ccc(NC(=O)N3CCNCC3)nc2=O)cc1)N1C[C@@H]2C(CN)[C@@H]2C1. The van der Waals surface area contributed by atoms with Gasteiger partial charge < -0.3 is 16.0 Å². The van der Waals surface area contributed by atoms with Gasteiger partial charge in [0.15, 0.2) is 0 Å². The van der Waals surface area contributed by atoms with Crippen LogP contribution in [0.3, 0.4) is 0 Å². The number of fused-ring (bicyclic) bond motifs is 1. The number of hydrogen-bond donors (Lipinski definition) is 3. The van der Waals surface area contributed by atoms with E-state index in [1.807, 2.05) is 12.1 Å². The van der Waals surface area contributed by atoms with Crippen LogP contribution >= 0.6 is 0 Å². The zero-order chi connectivity index (χ0) is 24.5. The van der Waals surface area contributed by atoms with E-state index < -0.39 is 5.69 Å². The standard InChI is InChI=1S/C26H37N7O2/c1-17(2)23(32-15-21-20(14-27)22(21)16-32)13-18-3-5-19(6-4-18)33-10-7-24(30-26(33)35)29-25(34)31-11-8-28-9-12-31/h3-7,10,17,20-23,28H,8-9,11-16,27H2,1-2H3,(H,29,30,34,35)/t20?,21-,22+,23?. The van der Waals surface area contributed by atoms with E-state index in [4.69, 9.17) is 5.73 Å². The molecule has 4 N–H and O–H groups in total. The summed E-state index contributed by atoms with van der Waals surface area (Å²) in [5.41, 5.74) is 7.51. The first-order chi connectivity index (χ1) is 16.9. The van der Waals surface area contributed by atoms with Crippen molar-refractivity contribution in [1.29, 1.82) is 0 Å². The molecular weight excluding hydrogens is 442 g/mol. The number of piperazine rings is 1. The molecular formula is C26H37N7O2. The van der Waals surface area contributed by atoms with Crippen LogP contribution in [0.4, 0.5) is 10.6 Å². The highest BCUT2D eigenvalue weighted by atomic mass is 16.2. The molecule has 0 bridgehead atoms. The molecule has 3 fully saturated rings. The van der Waals surface area contributed by atoms with E-state index in [0.29, 0.717) is 25.0 Å². The van der Waals surface area contributed by atoms with Gasteiger partial charge in [-0.15, -0.1) is 0 Å². The number of carbonyl (C=O) groups is 1. The van der Waals surface area contributed by atoms with Gasteiger partial charge in [-0.25, -0.2) is 9.59 Å². The lowest BCUT2D eigenvalue weighted by Crippen LogP contribution is -2.48. The summed E-state index contributed by atoms with van der Waals surface area (Å²) >= 11 is 0. The minimum Gasteiger partial charge on any atom is -0.330 e. The van der Waals surface area contributed by atoms with E-state index in [1.54, 1.807) is 17.2 Å². The maximum Gasteiger partial charge on any atom is 0.354 e. The van der Waals surface area contributed by atoms with E-state index in [-0.39, 0.29) is 11.8 Å². The fourth-order valence-corrected chi connectivity index (χ4v) is 5.85. The van der Waals surface area contributed by atoms with Crippen LogP contribution in [0, 0.1) is 23.7 Å². The maximum atomic E-state index is 12.7. The fraction of sp³-hybridized carbons (Fsp3) is 0.577. The molecule has 1 aliphatic carbocycles. The molecule has 188 valence electrons. The molecule has 9 heteroatoms. The molecule has 3 heterocycles. The van der Waals surface area contributed by atoms with Crippen molar-refractivity contribution in [3.05, 3.63) is 52.6 Å². The number of carbonyl (C=O) groups excluding carboxylic acids is 1. The van der Waals surface area contributed by atoms with Crippen LogP contribution in [-0.4, -0.2) is 77.2 Å². The molecule has 2 aromatic rings. The van der Waals surface area contributed by atoms with Gasteiger partial charge >= 0.3 is 11.7 Å². The van der Waals surface area contributed by atoms with Crippen LogP contribution in [0.25, 0.3) is 5.69 Å². The Morgan fingerprint density at radius 1 is 1.14 bits per heavy atom. The van der Waals surface area contributed by atoms with E-state index in [1.165, 1.54) is 23.2 Å². The molecule has 0 spiro atoms. The molecule has 1 aromatic heterocycles. The number of nitrogens with one attached hydrogen (secondary N) is 2. The van der Waals surface area contributed by atoms with Crippen LogP contribution in [0.5, 0.6) is 0 Å². The van der Waals surface area contributed by atoms with Crippen LogP contribution in [0.1, 0.15) is 19.4 Å². The lowest BCUT2D eigenvalue weighted by molar-refractivity contribution is 0.163. The van der Waals surface area contributed by atoms with Crippen LogP contribution < -0.4 is 22.1 Å². The van der Waals surface area contributed by atoms with Crippen molar-refractivity contribution >= 4 is 11.8 Å². The number of nitrogens with zero attached hydrogens (tertiary/aromatic N) is 4. The molecule has 0 radical (unpaired) electrons. The second-order valence-corrected chi connectivity index (χ2v) is 10.5. The van der Waals surface area contributed by atoms with Crippen molar-refractivity contribution in [1.82, 2.24) is 24.7 Å². The monoisotopic (exact) mass is 479 g/mol. The minimum atomic E-state index is -0.415. The number of piperidine rings is 1. The van der Waals surface area contributed by atoms with Gasteiger partial charge in [-0.3, -0.25) is 14.8 Å². The smallest absolute Gasteiger partial charge is 0.330 e. The number of likely N-dealkylation sites (tertiary alicyclic amines) is 1. The molecule has 3 aliphatic rings. The van der Waals surface area contributed by atoms with E-state index in [2.05, 4.69) is 46.5 Å². The molecule has 1 saturated carbocycles. The highest BCUT2D eigenvalue weighted by Crippen LogP contribution is 2.51. The topological polar surface area (TPSA) is 109 Å². The summed E-state index contributed by atoms with van der Waals surface area (Å²) in [4.78, 5) is 33.5. The van der Waals surface area contributed by atoms with Crippen molar-refractivity contribution in [3.8, 4) is 5.69 Å². The van der Waals surface area contributed by atoms with E-state index >= 15 is 0 Å². The third kappa shape index (κ3) is 5.12. The summed E-state index contributed by atoms with van der Waals surface area (Å²) in [6.07, 6.45) is 2.66. The normalized spacial score (nSPS) is 24.9. The van der Waals surface area contributed by atoms with Crippen molar-refractivity contribution < 1.29 is 4.79 Å². The molecule has 2 amide bonds. The van der Waals surface area contributed by atoms with E-state index in [0.717, 1.165) is 49.5 Å². The lowest BCUT2D eigenvalue weighted by atomic mass is 9.94. The largest absolute Gasteiger partial charge is 0.354 e. The Morgan fingerprint density at radius 3 is 2.43 bits per heavy atom. The van der Waals surface area contributed by atoms with Crippen LogP contribution in [-0.2, 0) is 6.42 Å². The van der Waals surface area contributed by atoms with Gasteiger partial charge in [0, 0.05) is 51.5 Å². The zero-order valence-electron chi connectivity index (χ0n) is 20.7. The first-order valence-electron chi connectivity index (χ1n) is 12.8. The van der Waals surface area contributed by atoms with Crippen molar-refractivity contribution in [2.45, 2.75) is 26.3 Å². The summed E-state index contributed by atoms with van der Waals surface area (Å²) in [6.45, 7) is 10.6. The van der Waals surface area contributed by atoms with Gasteiger partial charge in [-0.2, -0.15) is 4.98 Å². The number of aromatic nitrogens is 2. The molecule has 2 unspecified atom stereocenters. The Labute approximate surface area is 206 Å². The van der Waals surface area contributed by atoms with Gasteiger partial charge in [0.1, 0.15) is 5.82 Å². The lowest BCUT2D eigenvalue weighted by Gasteiger charge is -2.33. The Morgan fingerprint density at radius 2 is 1.83 bits per heavy atom. The average Bonchev–Trinajstić information content (AvgIpc) is 3.34. The van der Waals surface area contributed by atoms with Crippen molar-refractivity contribution in [2.24, 2.45) is 29.4 Å². The molecule has 9 nitrogen and oxygen atoms in total. The zero-order valence-corrected chi connectivity index (χ0v) is 20.7. The van der Waals surface area contributed by atoms with Gasteiger partial charge in [0.05, 0.1) is 5.69 Å². The highest BCUT2D eigenvalue weighted by Gasteiger charge is 2.55. The molecule has 5 rings (SSSR count). The Balaban J connectivity index is 1.22. The second kappa shape index (κ2) is 10.1. The summed E-state index contributed by atoms with van der Waals surface area (Å²) in [6, 6.07) is 10.1. The highest BCUT2D eigenvalue weighted by molar-refractivity contribution is 5.88. The number of amides is 2. The number of benzene rings is 1. The third-order valence-corrected chi connectivity index (χ3v) is 8.01. The van der Waals surface area contributed by atoms with Gasteiger partial charge in [0.25, 0.3) is 0 Å². The van der Waals surface area contributed by atoms with Crippen molar-refractivity contribution in [2.75, 3.05) is 51.1 Å². The third-order valence-electron chi connectivity index (χ3n) is 8.01. The molecule has 1 aromatic carbocycles. The predicted octanol–water partition coefficient (Wildman–Crippen LogP) is 1.37. The van der Waals surface area contributed by atoms with E-state index in [9.17, 15) is 9.59 Å². The molecule has 2 saturated heterocycles. The number of nitrogens with two attached hydrogens (primary N) is 1. The van der Waals surface area contributed by atoms with Gasteiger partial charge in [0.2, 0.25) is 0 Å². The average molecular weight is 480 g/mol. The summed E-state index contributed by atoms with van der Waals surface area (Å²) in [7, 11) is 0. The molecule has 4 atom stereocenters. The summed E-state index contributed by atoms with van der Waals surface area (Å²) < 4.78 is 1.51. The van der Waals surface area contributed by atoms with Crippen molar-refractivity contribution in [3.63, 3.8) is 0 Å². The Kier molecular flexibility index (Phi) is 6.91. The van der Waals surface area contributed by atoms with Crippen LogP contribution in [0.2, 0.25) is 0 Å². The number of hydrogen-bond acceptors (Lipinski definition) is 6. The molecule has 35 heavy (non-hydrogen) atoms. The quantitative estimate of drug-likeness (QED) is 0.554. The Bertz CT molecular complexity index is 1080. The molecule has 2 aliphatic heterocycles. The minimum absolute atomic E-state index is 0.228. The Hall–Kier alpha value is -2.75. The summed E-state index contributed by atoms with van der Waals surface area (Å²) in [5.74, 6) is 3.18. The fourth-order valence-electron chi connectivity index (χ4n) is 5.85. The predicted molar refractivity (Wildman–Crippen MR) is 137 cm³/mol. The van der Waals surface area contributed by atoms with Gasteiger partial charge in [-0.1, -0.05) is 26.0 Å². The maximum absolute atomic E-state index is 12.7.